The van der Waals surface area contributed by atoms with Gasteiger partial charge in [-0.25, -0.2) is 9.59 Å². The Balaban J connectivity index is 1.26. The summed E-state index contributed by atoms with van der Waals surface area (Å²) in [7, 11) is 3.62. The number of aryl methyl sites for hydroxylation is 2. The van der Waals surface area contributed by atoms with Crippen LogP contribution in [0.25, 0.3) is 12.2 Å². The van der Waals surface area contributed by atoms with Crippen molar-refractivity contribution < 1.29 is 19.1 Å². The van der Waals surface area contributed by atoms with Gasteiger partial charge in [-0.15, -0.1) is 0 Å². The van der Waals surface area contributed by atoms with Crippen molar-refractivity contribution >= 4 is 35.9 Å². The summed E-state index contributed by atoms with van der Waals surface area (Å²) in [4.78, 5) is 26.0. The van der Waals surface area contributed by atoms with Gasteiger partial charge in [-0.2, -0.15) is 10.2 Å². The fourth-order valence-electron chi connectivity index (χ4n) is 2.97. The molecule has 35 heavy (non-hydrogen) atoms. The summed E-state index contributed by atoms with van der Waals surface area (Å²) in [6, 6.07) is 14.4. The highest BCUT2D eigenvalue weighted by molar-refractivity contribution is 7.99. The van der Waals surface area contributed by atoms with Crippen molar-refractivity contribution in [3.8, 4) is 11.5 Å². The third-order valence-electron chi connectivity index (χ3n) is 4.59. The minimum atomic E-state index is -0.463. The van der Waals surface area contributed by atoms with Crippen LogP contribution >= 0.6 is 11.8 Å². The summed E-state index contributed by atoms with van der Waals surface area (Å²) in [6.45, 7) is 0. The molecular weight excluding hydrogens is 464 g/mol. The van der Waals surface area contributed by atoms with E-state index in [2.05, 4.69) is 10.2 Å². The van der Waals surface area contributed by atoms with Crippen molar-refractivity contribution in [1.29, 1.82) is 0 Å². The second kappa shape index (κ2) is 11.2. The lowest BCUT2D eigenvalue weighted by Crippen LogP contribution is -2.03. The van der Waals surface area contributed by atoms with E-state index in [0.29, 0.717) is 11.5 Å². The van der Waals surface area contributed by atoms with Crippen LogP contribution in [0, 0.1) is 0 Å². The van der Waals surface area contributed by atoms with Gasteiger partial charge < -0.3 is 9.47 Å². The molecule has 0 aliphatic heterocycles. The van der Waals surface area contributed by atoms with Gasteiger partial charge in [0, 0.05) is 59.6 Å². The maximum absolute atomic E-state index is 12.0. The fourth-order valence-corrected chi connectivity index (χ4v) is 3.79. The molecule has 0 N–H and O–H groups in total. The van der Waals surface area contributed by atoms with Crippen LogP contribution in [-0.2, 0) is 23.7 Å². The van der Waals surface area contributed by atoms with E-state index in [-0.39, 0.29) is 0 Å². The molecule has 2 heterocycles. The molecule has 4 rings (SSSR count). The fraction of sp³-hybridized carbons (Fsp3) is 0.0769. The van der Waals surface area contributed by atoms with Gasteiger partial charge in [0.1, 0.15) is 11.5 Å². The Morgan fingerprint density at radius 2 is 1.11 bits per heavy atom. The van der Waals surface area contributed by atoms with Gasteiger partial charge in [0.15, 0.2) is 0 Å². The number of rotatable bonds is 8. The molecule has 8 nitrogen and oxygen atoms in total. The third kappa shape index (κ3) is 7.31. The predicted octanol–water partition coefficient (Wildman–Crippen LogP) is 4.54. The largest absolute Gasteiger partial charge is 0.423 e. The molecule has 0 aliphatic carbocycles. The molecule has 0 unspecified atom stereocenters. The van der Waals surface area contributed by atoms with E-state index >= 15 is 0 Å². The maximum atomic E-state index is 12.0. The standard InChI is InChI=1S/C26H22N4O4S/c1-29-17-19(15-27-29)3-13-25(31)33-21-5-9-23(10-6-21)35-24-11-7-22(8-12-24)34-26(32)14-4-20-16-28-30(2)18-20/h3-18H,1-2H3/b13-3+,14-4+. The lowest BCUT2D eigenvalue weighted by atomic mass is 10.3. The minimum Gasteiger partial charge on any atom is -0.423 e. The van der Waals surface area contributed by atoms with Crippen molar-refractivity contribution in [1.82, 2.24) is 19.6 Å². The van der Waals surface area contributed by atoms with E-state index in [4.69, 9.17) is 9.47 Å². The summed E-state index contributed by atoms with van der Waals surface area (Å²) in [6.07, 6.45) is 12.9. The number of benzene rings is 2. The molecule has 4 aromatic rings. The zero-order valence-electron chi connectivity index (χ0n) is 19.1. The average Bonchev–Trinajstić information content (AvgIpc) is 3.46. The van der Waals surface area contributed by atoms with E-state index < -0.39 is 11.9 Å². The van der Waals surface area contributed by atoms with Crippen molar-refractivity contribution in [2.75, 3.05) is 0 Å². The van der Waals surface area contributed by atoms with E-state index in [9.17, 15) is 9.59 Å². The monoisotopic (exact) mass is 486 g/mol. The number of aromatic nitrogens is 4. The molecule has 0 saturated carbocycles. The summed E-state index contributed by atoms with van der Waals surface area (Å²) < 4.78 is 14.0. The van der Waals surface area contributed by atoms with Crippen LogP contribution in [0.4, 0.5) is 0 Å². The first-order chi connectivity index (χ1) is 16.9. The second-order valence-corrected chi connectivity index (χ2v) is 8.60. The van der Waals surface area contributed by atoms with Gasteiger partial charge in [0.05, 0.1) is 12.4 Å². The molecule has 0 amide bonds. The van der Waals surface area contributed by atoms with Crippen LogP contribution in [0.5, 0.6) is 11.5 Å². The first kappa shape index (κ1) is 23.8. The number of carbonyl (C=O) groups excluding carboxylic acids is 2. The number of esters is 2. The lowest BCUT2D eigenvalue weighted by molar-refractivity contribution is -0.129. The molecule has 0 fully saturated rings. The Hall–Kier alpha value is -4.37. The third-order valence-corrected chi connectivity index (χ3v) is 5.61. The highest BCUT2D eigenvalue weighted by Crippen LogP contribution is 2.30. The Bertz CT molecular complexity index is 1260. The van der Waals surface area contributed by atoms with Gasteiger partial charge in [0.25, 0.3) is 0 Å². The number of hydrogen-bond acceptors (Lipinski definition) is 7. The molecule has 0 atom stereocenters. The number of ether oxygens (including phenoxy) is 2. The molecule has 0 spiro atoms. The van der Waals surface area contributed by atoms with Crippen LogP contribution in [0.3, 0.4) is 0 Å². The molecule has 0 saturated heterocycles. The predicted molar refractivity (Wildman–Crippen MR) is 133 cm³/mol. The topological polar surface area (TPSA) is 88.2 Å². The van der Waals surface area contributed by atoms with E-state index in [0.717, 1.165) is 20.9 Å². The van der Waals surface area contributed by atoms with Gasteiger partial charge in [-0.05, 0) is 60.7 Å². The molecule has 2 aromatic carbocycles. The van der Waals surface area contributed by atoms with Crippen LogP contribution < -0.4 is 9.47 Å². The van der Waals surface area contributed by atoms with E-state index in [1.807, 2.05) is 38.4 Å². The van der Waals surface area contributed by atoms with Crippen molar-refractivity contribution in [2.45, 2.75) is 9.79 Å². The number of hydrogen-bond donors (Lipinski definition) is 0. The Labute approximate surface area is 206 Å². The van der Waals surface area contributed by atoms with Crippen LogP contribution in [-0.4, -0.2) is 31.5 Å². The number of nitrogens with zero attached hydrogens (tertiary/aromatic N) is 4. The van der Waals surface area contributed by atoms with Crippen LogP contribution in [0.1, 0.15) is 11.1 Å². The normalized spacial score (nSPS) is 11.3. The van der Waals surface area contributed by atoms with Crippen molar-refractivity contribution in [2.24, 2.45) is 14.1 Å². The Morgan fingerprint density at radius 3 is 1.46 bits per heavy atom. The van der Waals surface area contributed by atoms with E-state index in [1.165, 1.54) is 23.9 Å². The number of carbonyl (C=O) groups is 2. The van der Waals surface area contributed by atoms with E-state index in [1.54, 1.807) is 70.6 Å². The Kier molecular flexibility index (Phi) is 7.59. The first-order valence-electron chi connectivity index (χ1n) is 10.6. The summed E-state index contributed by atoms with van der Waals surface area (Å²) in [5.41, 5.74) is 1.64. The minimum absolute atomic E-state index is 0.455. The Morgan fingerprint density at radius 1 is 0.714 bits per heavy atom. The highest BCUT2D eigenvalue weighted by Gasteiger charge is 2.05. The molecule has 0 bridgehead atoms. The molecule has 9 heteroatoms. The first-order valence-corrected chi connectivity index (χ1v) is 11.4. The van der Waals surface area contributed by atoms with Crippen LogP contribution in [0.2, 0.25) is 0 Å². The highest BCUT2D eigenvalue weighted by atomic mass is 32.2. The molecule has 0 radical (unpaired) electrons. The second-order valence-electron chi connectivity index (χ2n) is 7.45. The van der Waals surface area contributed by atoms with Gasteiger partial charge in [-0.3, -0.25) is 9.36 Å². The SMILES string of the molecule is Cn1cc(/C=C/C(=O)Oc2ccc(Sc3ccc(OC(=O)/C=C/c4cnn(C)c4)cc3)cc2)cn1. The van der Waals surface area contributed by atoms with Crippen molar-refractivity contribution in [3.63, 3.8) is 0 Å². The van der Waals surface area contributed by atoms with Gasteiger partial charge in [0.2, 0.25) is 0 Å². The summed E-state index contributed by atoms with van der Waals surface area (Å²) >= 11 is 1.54. The quantitative estimate of drug-likeness (QED) is 0.205. The van der Waals surface area contributed by atoms with Gasteiger partial charge in [-0.1, -0.05) is 11.8 Å². The van der Waals surface area contributed by atoms with Crippen LogP contribution in [0.15, 0.2) is 95.3 Å². The smallest absolute Gasteiger partial charge is 0.336 e. The molecule has 176 valence electrons. The molecular formula is C26H22N4O4S. The molecule has 2 aromatic heterocycles. The zero-order chi connectivity index (χ0) is 24.6. The molecule has 0 aliphatic rings. The maximum Gasteiger partial charge on any atom is 0.336 e. The average molecular weight is 487 g/mol. The zero-order valence-corrected chi connectivity index (χ0v) is 19.9. The summed E-state index contributed by atoms with van der Waals surface area (Å²) in [5, 5.41) is 8.08. The summed E-state index contributed by atoms with van der Waals surface area (Å²) in [5.74, 6) is -0.0158. The lowest BCUT2D eigenvalue weighted by Gasteiger charge is -2.06. The van der Waals surface area contributed by atoms with Crippen molar-refractivity contribution in [3.05, 3.63) is 96.6 Å². The van der Waals surface area contributed by atoms with Gasteiger partial charge >= 0.3 is 11.9 Å².